The van der Waals surface area contributed by atoms with Crippen molar-refractivity contribution in [2.45, 2.75) is 20.3 Å². The first kappa shape index (κ1) is 12.0. The van der Waals surface area contributed by atoms with Crippen molar-refractivity contribution in [2.24, 2.45) is 11.1 Å². The van der Waals surface area contributed by atoms with E-state index in [1.807, 2.05) is 12.1 Å². The second-order valence-corrected chi connectivity index (χ2v) is 5.24. The second kappa shape index (κ2) is 4.63. The van der Waals surface area contributed by atoms with Crippen LogP contribution in [0.2, 0.25) is 0 Å². The van der Waals surface area contributed by atoms with E-state index in [9.17, 15) is 8.42 Å². The fourth-order valence-corrected chi connectivity index (χ4v) is 1.85. The third-order valence-corrected chi connectivity index (χ3v) is 2.35. The van der Waals surface area contributed by atoms with E-state index in [2.05, 4.69) is 18.6 Å². The van der Waals surface area contributed by atoms with E-state index >= 15 is 0 Å². The lowest BCUT2D eigenvalue weighted by atomic mass is 10.0. The molecule has 0 saturated carbocycles. The van der Waals surface area contributed by atoms with Crippen molar-refractivity contribution in [1.29, 1.82) is 0 Å². The first-order valence-corrected chi connectivity index (χ1v) is 6.31. The molecule has 3 N–H and O–H groups in total. The zero-order chi connectivity index (χ0) is 11.5. The molecule has 0 aromatic heterocycles. The van der Waals surface area contributed by atoms with Gasteiger partial charge in [-0.25, -0.2) is 5.14 Å². The molecular formula is C10H16N2O2S. The first-order chi connectivity index (χ1) is 6.87. The molecule has 1 rings (SSSR count). The SMILES string of the molecule is CC(C)Cc1cccc(NS(N)(=O)=O)c1. The van der Waals surface area contributed by atoms with Gasteiger partial charge >= 0.3 is 0 Å². The summed E-state index contributed by atoms with van der Waals surface area (Å²) in [6.45, 7) is 4.22. The first-order valence-electron chi connectivity index (χ1n) is 4.76. The van der Waals surface area contributed by atoms with E-state index in [4.69, 9.17) is 5.14 Å². The molecule has 0 aliphatic heterocycles. The highest BCUT2D eigenvalue weighted by Gasteiger charge is 2.03. The van der Waals surface area contributed by atoms with E-state index in [1.165, 1.54) is 0 Å². The van der Waals surface area contributed by atoms with E-state index in [0.717, 1.165) is 12.0 Å². The topological polar surface area (TPSA) is 72.2 Å². The van der Waals surface area contributed by atoms with E-state index in [0.29, 0.717) is 11.6 Å². The Hall–Kier alpha value is -1.07. The molecule has 84 valence electrons. The third kappa shape index (κ3) is 4.80. The van der Waals surface area contributed by atoms with Gasteiger partial charge in [0.15, 0.2) is 0 Å². The van der Waals surface area contributed by atoms with Crippen LogP contribution in [0.1, 0.15) is 19.4 Å². The van der Waals surface area contributed by atoms with Crippen molar-refractivity contribution in [2.75, 3.05) is 4.72 Å². The summed E-state index contributed by atoms with van der Waals surface area (Å²) in [4.78, 5) is 0. The van der Waals surface area contributed by atoms with Crippen molar-refractivity contribution in [3.8, 4) is 0 Å². The molecule has 0 fully saturated rings. The Kier molecular flexibility index (Phi) is 3.71. The molecular weight excluding hydrogens is 212 g/mol. The van der Waals surface area contributed by atoms with Crippen molar-refractivity contribution in [3.63, 3.8) is 0 Å². The predicted octanol–water partition coefficient (Wildman–Crippen LogP) is 1.50. The number of benzene rings is 1. The highest BCUT2D eigenvalue weighted by atomic mass is 32.2. The summed E-state index contributed by atoms with van der Waals surface area (Å²) in [6, 6.07) is 7.25. The van der Waals surface area contributed by atoms with Gasteiger partial charge in [0.25, 0.3) is 10.2 Å². The maximum Gasteiger partial charge on any atom is 0.296 e. The molecule has 0 spiro atoms. The van der Waals surface area contributed by atoms with E-state index in [-0.39, 0.29) is 0 Å². The van der Waals surface area contributed by atoms with Gasteiger partial charge in [0.1, 0.15) is 0 Å². The quantitative estimate of drug-likeness (QED) is 0.819. The normalized spacial score (nSPS) is 11.7. The highest BCUT2D eigenvalue weighted by Crippen LogP contribution is 2.14. The average molecular weight is 228 g/mol. The van der Waals surface area contributed by atoms with Crippen LogP contribution in [0.3, 0.4) is 0 Å². The van der Waals surface area contributed by atoms with Gasteiger partial charge in [0.2, 0.25) is 0 Å². The molecule has 5 heteroatoms. The Balaban J connectivity index is 2.83. The van der Waals surface area contributed by atoms with Crippen LogP contribution in [-0.2, 0) is 16.6 Å². The van der Waals surface area contributed by atoms with E-state index in [1.54, 1.807) is 12.1 Å². The standard InChI is InChI=1S/C10H16N2O2S/c1-8(2)6-9-4-3-5-10(7-9)12-15(11,13)14/h3-5,7-8,12H,6H2,1-2H3,(H2,11,13,14). The van der Waals surface area contributed by atoms with Crippen molar-refractivity contribution in [3.05, 3.63) is 29.8 Å². The smallest absolute Gasteiger partial charge is 0.271 e. The number of nitrogens with two attached hydrogens (primary N) is 1. The van der Waals surface area contributed by atoms with Crippen LogP contribution >= 0.6 is 0 Å². The monoisotopic (exact) mass is 228 g/mol. The van der Waals surface area contributed by atoms with Crippen LogP contribution in [0, 0.1) is 5.92 Å². The fourth-order valence-electron chi connectivity index (χ4n) is 1.40. The Morgan fingerprint density at radius 3 is 2.60 bits per heavy atom. The highest BCUT2D eigenvalue weighted by molar-refractivity contribution is 7.90. The largest absolute Gasteiger partial charge is 0.296 e. The van der Waals surface area contributed by atoms with E-state index < -0.39 is 10.2 Å². The predicted molar refractivity (Wildman–Crippen MR) is 61.7 cm³/mol. The molecule has 0 heterocycles. The van der Waals surface area contributed by atoms with Gasteiger partial charge < -0.3 is 0 Å². The van der Waals surface area contributed by atoms with Crippen LogP contribution in [0.25, 0.3) is 0 Å². The summed E-state index contributed by atoms with van der Waals surface area (Å²) in [7, 11) is -3.67. The molecule has 4 nitrogen and oxygen atoms in total. The van der Waals surface area contributed by atoms with Gasteiger partial charge in [0.05, 0.1) is 0 Å². The lowest BCUT2D eigenvalue weighted by molar-refractivity contribution is 0.603. The summed E-state index contributed by atoms with van der Waals surface area (Å²) in [5, 5.41) is 4.88. The minimum absolute atomic E-state index is 0.510. The molecule has 0 aliphatic rings. The number of hydrogen-bond donors (Lipinski definition) is 2. The van der Waals surface area contributed by atoms with Gasteiger partial charge in [0, 0.05) is 5.69 Å². The zero-order valence-electron chi connectivity index (χ0n) is 8.90. The van der Waals surface area contributed by atoms with Crippen LogP contribution < -0.4 is 9.86 Å². The maximum atomic E-state index is 10.8. The third-order valence-electron chi connectivity index (χ3n) is 1.83. The van der Waals surface area contributed by atoms with Gasteiger partial charge in [-0.15, -0.1) is 0 Å². The van der Waals surface area contributed by atoms with Crippen LogP contribution in [0.5, 0.6) is 0 Å². The summed E-state index contributed by atoms with van der Waals surface area (Å²) >= 11 is 0. The summed E-state index contributed by atoms with van der Waals surface area (Å²) in [5.74, 6) is 0.537. The molecule has 0 bridgehead atoms. The minimum Gasteiger partial charge on any atom is -0.271 e. The number of anilines is 1. The average Bonchev–Trinajstić information content (AvgIpc) is 1.99. The number of nitrogens with one attached hydrogen (secondary N) is 1. The maximum absolute atomic E-state index is 10.8. The Labute approximate surface area is 90.7 Å². The molecule has 15 heavy (non-hydrogen) atoms. The van der Waals surface area contributed by atoms with Gasteiger partial charge in [-0.2, -0.15) is 8.42 Å². The molecule has 0 saturated heterocycles. The van der Waals surface area contributed by atoms with Gasteiger partial charge in [-0.3, -0.25) is 4.72 Å². The molecule has 0 unspecified atom stereocenters. The Morgan fingerprint density at radius 1 is 1.40 bits per heavy atom. The summed E-state index contributed by atoms with van der Waals surface area (Å²) in [6.07, 6.45) is 0.917. The second-order valence-electron chi connectivity index (χ2n) is 3.95. The van der Waals surface area contributed by atoms with Crippen molar-refractivity contribution >= 4 is 15.9 Å². The van der Waals surface area contributed by atoms with Crippen LogP contribution in [0.4, 0.5) is 5.69 Å². The molecule has 0 aliphatic carbocycles. The molecule has 1 aromatic carbocycles. The molecule has 0 atom stereocenters. The zero-order valence-corrected chi connectivity index (χ0v) is 9.71. The van der Waals surface area contributed by atoms with Crippen molar-refractivity contribution in [1.82, 2.24) is 0 Å². The Morgan fingerprint density at radius 2 is 2.07 bits per heavy atom. The van der Waals surface area contributed by atoms with Crippen LogP contribution in [0.15, 0.2) is 24.3 Å². The fraction of sp³-hybridized carbons (Fsp3) is 0.400. The Bertz CT molecular complexity index is 427. The molecule has 1 aromatic rings. The minimum atomic E-state index is -3.67. The van der Waals surface area contributed by atoms with Gasteiger partial charge in [-0.05, 0) is 30.0 Å². The molecule has 0 amide bonds. The molecule has 0 radical (unpaired) electrons. The lowest BCUT2D eigenvalue weighted by Crippen LogP contribution is -2.21. The summed E-state index contributed by atoms with van der Waals surface area (Å²) < 4.78 is 23.8. The van der Waals surface area contributed by atoms with Crippen molar-refractivity contribution < 1.29 is 8.42 Å². The van der Waals surface area contributed by atoms with Gasteiger partial charge in [-0.1, -0.05) is 26.0 Å². The number of hydrogen-bond acceptors (Lipinski definition) is 2. The lowest BCUT2D eigenvalue weighted by Gasteiger charge is -2.08. The summed E-state index contributed by atoms with van der Waals surface area (Å²) in [5.41, 5.74) is 1.61. The van der Waals surface area contributed by atoms with Crippen LogP contribution in [-0.4, -0.2) is 8.42 Å². The number of rotatable bonds is 4.